The molecule has 0 amide bonds. The Morgan fingerprint density at radius 3 is 2.76 bits per heavy atom. The van der Waals surface area contributed by atoms with Crippen LogP contribution in [0.5, 0.6) is 5.75 Å². The van der Waals surface area contributed by atoms with Gasteiger partial charge in [0.25, 0.3) is 0 Å². The van der Waals surface area contributed by atoms with Crippen LogP contribution < -0.4 is 5.32 Å². The van der Waals surface area contributed by atoms with Crippen LogP contribution in [0.3, 0.4) is 0 Å². The van der Waals surface area contributed by atoms with E-state index in [1.165, 1.54) is 6.20 Å². The molecule has 2 N–H and O–H groups in total. The fourth-order valence-electron chi connectivity index (χ4n) is 1.42. The largest absolute Gasteiger partial charge is 0.506 e. The molecule has 5 heteroatoms. The van der Waals surface area contributed by atoms with Crippen molar-refractivity contribution in [3.05, 3.63) is 36.3 Å². The fourth-order valence-corrected chi connectivity index (χ4v) is 1.42. The molecule has 0 spiro atoms. The van der Waals surface area contributed by atoms with E-state index in [9.17, 15) is 0 Å². The van der Waals surface area contributed by atoms with E-state index in [4.69, 9.17) is 5.11 Å². The van der Waals surface area contributed by atoms with Crippen molar-refractivity contribution in [1.82, 2.24) is 14.8 Å². The van der Waals surface area contributed by atoms with Crippen molar-refractivity contribution in [3.8, 4) is 5.75 Å². The lowest BCUT2D eigenvalue weighted by atomic mass is 10.3. The molecule has 0 aliphatic rings. The zero-order valence-electron chi connectivity index (χ0n) is 9.96. The Balaban J connectivity index is 1.95. The first-order valence-electron chi connectivity index (χ1n) is 5.58. The molecule has 0 saturated carbocycles. The van der Waals surface area contributed by atoms with Crippen LogP contribution in [0.15, 0.2) is 30.6 Å². The van der Waals surface area contributed by atoms with Crippen molar-refractivity contribution >= 4 is 5.82 Å². The maximum Gasteiger partial charge on any atom is 0.148 e. The number of nitrogens with zero attached hydrogens (tertiary/aromatic N) is 3. The summed E-state index contributed by atoms with van der Waals surface area (Å²) in [4.78, 5) is 4.09. The quantitative estimate of drug-likeness (QED) is 0.848. The highest BCUT2D eigenvalue weighted by atomic mass is 16.3. The van der Waals surface area contributed by atoms with Crippen molar-refractivity contribution in [2.45, 2.75) is 26.4 Å². The van der Waals surface area contributed by atoms with Crippen molar-refractivity contribution < 1.29 is 5.11 Å². The molecule has 0 aliphatic carbocycles. The van der Waals surface area contributed by atoms with Gasteiger partial charge in [-0.2, -0.15) is 5.10 Å². The minimum atomic E-state index is 0.179. The normalized spacial score (nSPS) is 10.8. The molecule has 0 saturated heterocycles. The second-order valence-corrected chi connectivity index (χ2v) is 4.14. The van der Waals surface area contributed by atoms with Crippen molar-refractivity contribution in [2.75, 3.05) is 5.32 Å². The highest BCUT2D eigenvalue weighted by Crippen LogP contribution is 2.10. The van der Waals surface area contributed by atoms with Gasteiger partial charge in [0.05, 0.1) is 18.4 Å². The summed E-state index contributed by atoms with van der Waals surface area (Å²) in [5, 5.41) is 16.7. The lowest BCUT2D eigenvalue weighted by Gasteiger charge is -2.05. The fraction of sp³-hybridized carbons (Fsp3) is 0.333. The monoisotopic (exact) mass is 232 g/mol. The van der Waals surface area contributed by atoms with Crippen LogP contribution in [-0.2, 0) is 6.54 Å². The van der Waals surface area contributed by atoms with E-state index in [1.54, 1.807) is 12.1 Å². The SMILES string of the molecule is CC(C)n1ccc(NCc2ccc(O)cn2)n1. The van der Waals surface area contributed by atoms with Gasteiger partial charge in [-0.25, -0.2) is 0 Å². The van der Waals surface area contributed by atoms with Gasteiger partial charge in [-0.15, -0.1) is 0 Å². The summed E-state index contributed by atoms with van der Waals surface area (Å²) in [6, 6.07) is 5.69. The molecule has 0 atom stereocenters. The molecular weight excluding hydrogens is 216 g/mol. The Bertz CT molecular complexity index is 476. The van der Waals surface area contributed by atoms with Gasteiger partial charge >= 0.3 is 0 Å². The molecular formula is C12H16N4O. The first-order chi connectivity index (χ1) is 8.15. The summed E-state index contributed by atoms with van der Waals surface area (Å²) in [5.41, 5.74) is 0.863. The molecule has 0 bridgehead atoms. The third-order valence-electron chi connectivity index (χ3n) is 2.40. The van der Waals surface area contributed by atoms with Gasteiger partial charge in [-0.05, 0) is 26.0 Å². The van der Waals surface area contributed by atoms with E-state index in [2.05, 4.69) is 29.2 Å². The summed E-state index contributed by atoms with van der Waals surface area (Å²) < 4.78 is 1.90. The van der Waals surface area contributed by atoms with E-state index in [0.717, 1.165) is 11.5 Å². The molecule has 0 aliphatic heterocycles. The van der Waals surface area contributed by atoms with Crippen molar-refractivity contribution in [3.63, 3.8) is 0 Å². The number of aromatic nitrogens is 3. The first kappa shape index (κ1) is 11.4. The van der Waals surface area contributed by atoms with Crippen LogP contribution in [-0.4, -0.2) is 19.9 Å². The van der Waals surface area contributed by atoms with E-state index >= 15 is 0 Å². The molecule has 2 aromatic rings. The second-order valence-electron chi connectivity index (χ2n) is 4.14. The van der Waals surface area contributed by atoms with Crippen LogP contribution in [0.4, 0.5) is 5.82 Å². The molecule has 5 nitrogen and oxygen atoms in total. The average molecular weight is 232 g/mol. The predicted octanol–water partition coefficient (Wildman–Crippen LogP) is 2.18. The number of anilines is 1. The smallest absolute Gasteiger partial charge is 0.148 e. The van der Waals surface area contributed by atoms with Gasteiger partial charge in [0, 0.05) is 18.3 Å². The Labute approximate surface area is 100 Å². The molecule has 2 aromatic heterocycles. The standard InChI is InChI=1S/C12H16N4O/c1-9(2)16-6-5-12(15-16)14-7-10-3-4-11(17)8-13-10/h3-6,8-9,17H,7H2,1-2H3,(H,14,15). The number of pyridine rings is 1. The molecule has 17 heavy (non-hydrogen) atoms. The van der Waals surface area contributed by atoms with E-state index in [0.29, 0.717) is 12.6 Å². The van der Waals surface area contributed by atoms with Crippen LogP contribution in [0.25, 0.3) is 0 Å². The number of rotatable bonds is 4. The topological polar surface area (TPSA) is 63.0 Å². The highest BCUT2D eigenvalue weighted by Gasteiger charge is 2.01. The number of hydrogen-bond acceptors (Lipinski definition) is 4. The van der Waals surface area contributed by atoms with Crippen molar-refractivity contribution in [1.29, 1.82) is 0 Å². The molecule has 90 valence electrons. The third kappa shape index (κ3) is 2.96. The van der Waals surface area contributed by atoms with Crippen LogP contribution in [0.2, 0.25) is 0 Å². The summed E-state index contributed by atoms with van der Waals surface area (Å²) in [6.45, 7) is 4.76. The number of nitrogens with one attached hydrogen (secondary N) is 1. The van der Waals surface area contributed by atoms with Crippen LogP contribution in [0, 0.1) is 0 Å². The zero-order valence-corrected chi connectivity index (χ0v) is 9.96. The minimum Gasteiger partial charge on any atom is -0.506 e. The molecule has 2 rings (SSSR count). The average Bonchev–Trinajstić information content (AvgIpc) is 2.77. The van der Waals surface area contributed by atoms with Gasteiger partial charge in [0.1, 0.15) is 11.6 Å². The Kier molecular flexibility index (Phi) is 3.27. The second kappa shape index (κ2) is 4.86. The molecule has 0 radical (unpaired) electrons. The molecule has 0 fully saturated rings. The maximum atomic E-state index is 9.11. The van der Waals surface area contributed by atoms with Gasteiger partial charge < -0.3 is 10.4 Å². The summed E-state index contributed by atoms with van der Waals surface area (Å²) in [7, 11) is 0. The summed E-state index contributed by atoms with van der Waals surface area (Å²) in [5.74, 6) is 1.01. The Morgan fingerprint density at radius 1 is 1.35 bits per heavy atom. The Hall–Kier alpha value is -2.04. The van der Waals surface area contributed by atoms with E-state index in [-0.39, 0.29) is 5.75 Å². The van der Waals surface area contributed by atoms with Gasteiger partial charge in [0.15, 0.2) is 0 Å². The van der Waals surface area contributed by atoms with Gasteiger partial charge in [-0.1, -0.05) is 0 Å². The lowest BCUT2D eigenvalue weighted by molar-refractivity contribution is 0.472. The van der Waals surface area contributed by atoms with Gasteiger partial charge in [0.2, 0.25) is 0 Å². The van der Waals surface area contributed by atoms with E-state index < -0.39 is 0 Å². The predicted molar refractivity (Wildman–Crippen MR) is 65.8 cm³/mol. The summed E-state index contributed by atoms with van der Waals surface area (Å²) >= 11 is 0. The third-order valence-corrected chi connectivity index (χ3v) is 2.40. The first-order valence-corrected chi connectivity index (χ1v) is 5.58. The van der Waals surface area contributed by atoms with Crippen LogP contribution in [0.1, 0.15) is 25.6 Å². The zero-order chi connectivity index (χ0) is 12.3. The molecule has 0 unspecified atom stereocenters. The van der Waals surface area contributed by atoms with Gasteiger partial charge in [-0.3, -0.25) is 9.67 Å². The minimum absolute atomic E-state index is 0.179. The van der Waals surface area contributed by atoms with Crippen LogP contribution >= 0.6 is 0 Å². The van der Waals surface area contributed by atoms with E-state index in [1.807, 2.05) is 16.9 Å². The number of aromatic hydroxyl groups is 1. The Morgan fingerprint density at radius 2 is 2.18 bits per heavy atom. The van der Waals surface area contributed by atoms with Crippen molar-refractivity contribution in [2.24, 2.45) is 0 Å². The summed E-state index contributed by atoms with van der Waals surface area (Å²) in [6.07, 6.45) is 3.38. The molecule has 2 heterocycles. The number of hydrogen-bond donors (Lipinski definition) is 2. The molecule has 0 aromatic carbocycles. The highest BCUT2D eigenvalue weighted by molar-refractivity contribution is 5.33. The lowest BCUT2D eigenvalue weighted by Crippen LogP contribution is -2.04. The maximum absolute atomic E-state index is 9.11.